The maximum atomic E-state index is 6.70. The number of rotatable bonds is 0. The van der Waals surface area contributed by atoms with E-state index in [4.69, 9.17) is 42.6 Å². The van der Waals surface area contributed by atoms with Gasteiger partial charge in [0.05, 0.1) is 66.1 Å². The molecule has 0 spiro atoms. The number of thioether (sulfide) groups is 1. The molecule has 2 heterocycles. The van der Waals surface area contributed by atoms with Crippen molar-refractivity contribution in [2.45, 2.75) is 25.7 Å². The quantitative estimate of drug-likeness (QED) is 0.170. The molecule has 0 saturated carbocycles. The second-order valence-electron chi connectivity index (χ2n) is 13.4. The zero-order valence-electron chi connectivity index (χ0n) is 31.2. The third kappa shape index (κ3) is 10.7. The first-order valence-electron chi connectivity index (χ1n) is 19.2. The van der Waals surface area contributed by atoms with Crippen LogP contribution in [0.25, 0.3) is 0 Å². The van der Waals surface area contributed by atoms with E-state index in [-0.39, 0.29) is 0 Å². The van der Waals surface area contributed by atoms with Gasteiger partial charge in [-0.05, 0) is 44.5 Å². The molecule has 9 nitrogen and oxygen atoms in total. The standard InChI is InChI=1S/C44H52O9S/c1-5-33-29-37-9-3-11-39-31-35-7-2-8-36-32-40-12-4-10-38(44(40)53-24-20-49-26-28-54-27-25-48-19-23-52-43(37)39)30-34(6-1)41(33)50-21-17-46-15-13-45-14-16-47-18-22-51-42(35)36/h1-12H,13-32H2. The minimum absolute atomic E-state index is 0.407. The molecule has 54 heavy (non-hydrogen) atoms. The highest BCUT2D eigenvalue weighted by atomic mass is 32.2. The summed E-state index contributed by atoms with van der Waals surface area (Å²) in [7, 11) is 0. The molecule has 288 valence electrons. The lowest BCUT2D eigenvalue weighted by Gasteiger charge is -2.23. The fourth-order valence-electron chi connectivity index (χ4n) is 7.12. The van der Waals surface area contributed by atoms with Gasteiger partial charge in [0, 0.05) is 37.2 Å². The van der Waals surface area contributed by atoms with Gasteiger partial charge in [0.25, 0.3) is 0 Å². The summed E-state index contributed by atoms with van der Waals surface area (Å²) in [5.41, 5.74) is 8.70. The molecule has 0 aromatic heterocycles. The molecule has 0 amide bonds. The topological polar surface area (TPSA) is 83.1 Å². The zero-order valence-corrected chi connectivity index (χ0v) is 32.0. The highest BCUT2D eigenvalue weighted by molar-refractivity contribution is 7.99. The number of benzene rings is 4. The Hall–Kier alpha value is -3.77. The van der Waals surface area contributed by atoms with E-state index in [0.717, 1.165) is 79.0 Å². The molecule has 0 saturated heterocycles. The molecule has 1 aliphatic carbocycles. The number of hydrogen-bond donors (Lipinski definition) is 0. The Morgan fingerprint density at radius 3 is 0.759 bits per heavy atom. The van der Waals surface area contributed by atoms with Crippen LogP contribution in [0.4, 0.5) is 0 Å². The third-order valence-electron chi connectivity index (χ3n) is 9.62. The summed E-state index contributed by atoms with van der Waals surface area (Å²) in [5, 5.41) is 0. The Morgan fingerprint density at radius 2 is 0.500 bits per heavy atom. The van der Waals surface area contributed by atoms with Crippen molar-refractivity contribution in [2.75, 3.05) is 104 Å². The number of ether oxygens (including phenoxy) is 9. The van der Waals surface area contributed by atoms with Crippen LogP contribution >= 0.6 is 11.8 Å². The largest absolute Gasteiger partial charge is 0.491 e. The summed E-state index contributed by atoms with van der Waals surface area (Å²) in [6.07, 6.45) is 2.50. The van der Waals surface area contributed by atoms with Crippen molar-refractivity contribution in [1.82, 2.24) is 0 Å². The molecule has 10 heteroatoms. The molecular weight excluding hydrogens is 705 g/mol. The van der Waals surface area contributed by atoms with E-state index in [9.17, 15) is 0 Å². The number of hydrogen-bond acceptors (Lipinski definition) is 10. The predicted molar refractivity (Wildman–Crippen MR) is 210 cm³/mol. The van der Waals surface area contributed by atoms with Gasteiger partial charge >= 0.3 is 0 Å². The van der Waals surface area contributed by atoms with Gasteiger partial charge in [-0.2, -0.15) is 11.8 Å². The third-order valence-corrected chi connectivity index (χ3v) is 10.5. The molecule has 4 aromatic carbocycles. The molecule has 0 radical (unpaired) electrons. The Morgan fingerprint density at radius 1 is 0.278 bits per heavy atom. The van der Waals surface area contributed by atoms with Crippen molar-refractivity contribution in [3.8, 4) is 23.0 Å². The van der Waals surface area contributed by atoms with Crippen LogP contribution < -0.4 is 18.9 Å². The molecular formula is C44H52O9S. The Labute approximate surface area is 323 Å². The second kappa shape index (κ2) is 20.8. The minimum Gasteiger partial charge on any atom is -0.491 e. The van der Waals surface area contributed by atoms with Crippen molar-refractivity contribution >= 4 is 11.8 Å². The predicted octanol–water partition coefficient (Wildman–Crippen LogP) is 6.72. The summed E-state index contributed by atoms with van der Waals surface area (Å²) < 4.78 is 56.3. The van der Waals surface area contributed by atoms with Gasteiger partial charge in [0.15, 0.2) is 0 Å². The molecule has 4 aromatic rings. The number of para-hydroxylation sites is 4. The zero-order chi connectivity index (χ0) is 36.6. The van der Waals surface area contributed by atoms with Crippen molar-refractivity contribution in [3.05, 3.63) is 117 Å². The van der Waals surface area contributed by atoms with Crippen LogP contribution in [0.5, 0.6) is 23.0 Å². The van der Waals surface area contributed by atoms with Crippen molar-refractivity contribution in [2.24, 2.45) is 0 Å². The van der Waals surface area contributed by atoms with Crippen LogP contribution in [0.3, 0.4) is 0 Å². The van der Waals surface area contributed by atoms with Gasteiger partial charge < -0.3 is 42.6 Å². The van der Waals surface area contributed by atoms with Crippen molar-refractivity contribution in [1.29, 1.82) is 0 Å². The summed E-state index contributed by atoms with van der Waals surface area (Å²) in [4.78, 5) is 0. The molecule has 0 atom stereocenters. The molecule has 0 N–H and O–H groups in total. The van der Waals surface area contributed by atoms with Crippen LogP contribution in [0, 0.1) is 0 Å². The van der Waals surface area contributed by atoms with E-state index in [2.05, 4.69) is 72.8 Å². The van der Waals surface area contributed by atoms with Gasteiger partial charge in [-0.15, -0.1) is 0 Å². The van der Waals surface area contributed by atoms with Gasteiger partial charge in [0.2, 0.25) is 0 Å². The average molecular weight is 757 g/mol. The monoisotopic (exact) mass is 756 g/mol. The Kier molecular flexibility index (Phi) is 14.8. The molecule has 3 aliphatic rings. The lowest BCUT2D eigenvalue weighted by Crippen LogP contribution is -2.16. The molecule has 7 rings (SSSR count). The fraction of sp³-hybridized carbons (Fsp3) is 0.455. The minimum atomic E-state index is 0.407. The highest BCUT2D eigenvalue weighted by Crippen LogP contribution is 2.39. The van der Waals surface area contributed by atoms with Crippen LogP contribution in [-0.4, -0.2) is 104 Å². The first kappa shape index (κ1) is 38.5. The smallest absolute Gasteiger partial charge is 0.126 e. The van der Waals surface area contributed by atoms with E-state index in [1.165, 1.54) is 0 Å². The van der Waals surface area contributed by atoms with E-state index >= 15 is 0 Å². The Bertz CT molecular complexity index is 1440. The van der Waals surface area contributed by atoms with Gasteiger partial charge in [-0.1, -0.05) is 72.8 Å². The van der Waals surface area contributed by atoms with Crippen LogP contribution in [-0.2, 0) is 49.4 Å². The van der Waals surface area contributed by atoms with Crippen LogP contribution in [0.15, 0.2) is 72.8 Å². The van der Waals surface area contributed by atoms with Gasteiger partial charge in [-0.25, -0.2) is 0 Å². The van der Waals surface area contributed by atoms with Crippen molar-refractivity contribution < 1.29 is 42.6 Å². The Balaban J connectivity index is 1.38. The summed E-state index contributed by atoms with van der Waals surface area (Å²) in [6, 6.07) is 25.8. The maximum Gasteiger partial charge on any atom is 0.126 e. The van der Waals surface area contributed by atoms with E-state index in [1.54, 1.807) is 0 Å². The van der Waals surface area contributed by atoms with E-state index < -0.39 is 0 Å². The molecule has 12 bridgehead atoms. The fourth-order valence-corrected chi connectivity index (χ4v) is 7.80. The van der Waals surface area contributed by atoms with E-state index in [1.807, 2.05) is 11.8 Å². The summed E-state index contributed by atoms with van der Waals surface area (Å²) in [6.45, 7) is 6.85. The van der Waals surface area contributed by atoms with Gasteiger partial charge in [-0.3, -0.25) is 0 Å². The lowest BCUT2D eigenvalue weighted by atomic mass is 9.91. The first-order valence-corrected chi connectivity index (χ1v) is 20.4. The normalized spacial score (nSPS) is 18.5. The average Bonchev–Trinajstić information content (AvgIpc) is 3.17. The van der Waals surface area contributed by atoms with Crippen LogP contribution in [0.1, 0.15) is 44.5 Å². The highest BCUT2D eigenvalue weighted by Gasteiger charge is 2.22. The molecule has 0 unspecified atom stereocenters. The lowest BCUT2D eigenvalue weighted by molar-refractivity contribution is 0.00484. The van der Waals surface area contributed by atoms with Crippen molar-refractivity contribution in [3.63, 3.8) is 0 Å². The van der Waals surface area contributed by atoms with Crippen LogP contribution in [0.2, 0.25) is 0 Å². The van der Waals surface area contributed by atoms with Gasteiger partial charge in [0.1, 0.15) is 49.4 Å². The first-order chi connectivity index (χ1) is 26.8. The SMILES string of the molecule is c1cc2c3c(c1)Cc1cccc4c1OCCOCCSCCOCCOc1c(cccc1Cc1cccc(c1OCCOCCOCCOCCO3)C4)C2. The van der Waals surface area contributed by atoms with E-state index in [0.29, 0.717) is 118 Å². The maximum absolute atomic E-state index is 6.70. The molecule has 2 aliphatic heterocycles. The summed E-state index contributed by atoms with van der Waals surface area (Å²) >= 11 is 1.83. The summed E-state index contributed by atoms with van der Waals surface area (Å²) in [5.74, 6) is 5.29. The second-order valence-corrected chi connectivity index (χ2v) is 14.6. The molecule has 0 fully saturated rings.